The number of phenols is 3. The molecule has 0 unspecified atom stereocenters. The third-order valence-corrected chi connectivity index (χ3v) is 5.66. The number of ether oxygens (including phenoxy) is 1. The van der Waals surface area contributed by atoms with Gasteiger partial charge in [-0.3, -0.25) is 0 Å². The molecule has 0 atom stereocenters. The molecule has 0 aromatic heterocycles. The molecule has 0 aliphatic carbocycles. The predicted molar refractivity (Wildman–Crippen MR) is 132 cm³/mol. The SMILES string of the molecule is Cc1cc(O)c(C)c(Oc2cccc(N(c3ccc(O)c(C)c3)c3ccc(O)c(C)c3)c2)c1. The summed E-state index contributed by atoms with van der Waals surface area (Å²) in [6.07, 6.45) is 0. The lowest BCUT2D eigenvalue weighted by Crippen LogP contribution is -2.10. The zero-order valence-electron chi connectivity index (χ0n) is 19.1. The van der Waals surface area contributed by atoms with Gasteiger partial charge in [0.1, 0.15) is 28.7 Å². The number of anilines is 3. The maximum absolute atomic E-state index is 10.2. The highest BCUT2D eigenvalue weighted by Gasteiger charge is 2.16. The third-order valence-electron chi connectivity index (χ3n) is 5.66. The number of nitrogens with zero attached hydrogens (tertiary/aromatic N) is 1. The highest BCUT2D eigenvalue weighted by molar-refractivity contribution is 5.78. The Morgan fingerprint density at radius 2 is 1.18 bits per heavy atom. The molecule has 5 nitrogen and oxygen atoms in total. The van der Waals surface area contributed by atoms with Gasteiger partial charge in [-0.2, -0.15) is 0 Å². The van der Waals surface area contributed by atoms with Crippen LogP contribution in [0, 0.1) is 27.7 Å². The molecule has 0 aliphatic heterocycles. The van der Waals surface area contributed by atoms with Crippen molar-refractivity contribution in [1.82, 2.24) is 0 Å². The number of benzene rings is 4. The lowest BCUT2D eigenvalue weighted by molar-refractivity contribution is 0.447. The summed E-state index contributed by atoms with van der Waals surface area (Å²) in [4.78, 5) is 2.03. The summed E-state index contributed by atoms with van der Waals surface area (Å²) in [6, 6.07) is 22.1. The normalized spacial score (nSPS) is 10.8. The van der Waals surface area contributed by atoms with Crippen LogP contribution in [-0.4, -0.2) is 15.3 Å². The van der Waals surface area contributed by atoms with Crippen molar-refractivity contribution in [3.05, 3.63) is 95.1 Å². The highest BCUT2D eigenvalue weighted by Crippen LogP contribution is 2.40. The van der Waals surface area contributed by atoms with E-state index in [4.69, 9.17) is 4.74 Å². The maximum atomic E-state index is 10.2. The summed E-state index contributed by atoms with van der Waals surface area (Å²) >= 11 is 0. The fourth-order valence-electron chi connectivity index (χ4n) is 3.73. The zero-order valence-corrected chi connectivity index (χ0v) is 19.1. The van der Waals surface area contributed by atoms with Crippen molar-refractivity contribution in [2.45, 2.75) is 27.7 Å². The van der Waals surface area contributed by atoms with E-state index in [9.17, 15) is 15.3 Å². The van der Waals surface area contributed by atoms with E-state index in [0.717, 1.165) is 33.8 Å². The van der Waals surface area contributed by atoms with Crippen molar-refractivity contribution in [3.63, 3.8) is 0 Å². The van der Waals surface area contributed by atoms with Crippen LogP contribution < -0.4 is 9.64 Å². The standard InChI is InChI=1S/C28H27NO4/c1-17-12-27(32)20(4)28(13-17)33-24-7-5-6-21(16-24)29(22-8-10-25(30)18(2)14-22)23-9-11-26(31)19(3)15-23/h5-16,30-32H,1-4H3. The van der Waals surface area contributed by atoms with E-state index in [0.29, 0.717) is 17.1 Å². The van der Waals surface area contributed by atoms with E-state index >= 15 is 0 Å². The summed E-state index contributed by atoms with van der Waals surface area (Å²) in [6.45, 7) is 7.43. The van der Waals surface area contributed by atoms with Gasteiger partial charge in [-0.15, -0.1) is 0 Å². The Morgan fingerprint density at radius 3 is 1.76 bits per heavy atom. The number of hydrogen-bond acceptors (Lipinski definition) is 5. The molecule has 0 radical (unpaired) electrons. The lowest BCUT2D eigenvalue weighted by Gasteiger charge is -2.27. The number of rotatable bonds is 5. The summed E-state index contributed by atoms with van der Waals surface area (Å²) < 4.78 is 6.15. The monoisotopic (exact) mass is 441 g/mol. The topological polar surface area (TPSA) is 73.2 Å². The molecule has 4 rings (SSSR count). The van der Waals surface area contributed by atoms with Crippen LogP contribution in [0.1, 0.15) is 22.3 Å². The number of hydrogen-bond donors (Lipinski definition) is 3. The second-order valence-corrected chi connectivity index (χ2v) is 8.28. The average Bonchev–Trinajstić information content (AvgIpc) is 2.77. The van der Waals surface area contributed by atoms with Crippen molar-refractivity contribution in [1.29, 1.82) is 0 Å². The fraction of sp³-hybridized carbons (Fsp3) is 0.143. The van der Waals surface area contributed by atoms with Gasteiger partial charge in [0.25, 0.3) is 0 Å². The summed E-state index contributed by atoms with van der Waals surface area (Å²) in [5, 5.41) is 30.2. The van der Waals surface area contributed by atoms with Crippen LogP contribution in [0.5, 0.6) is 28.7 Å². The minimum atomic E-state index is 0.196. The molecule has 0 saturated heterocycles. The second kappa shape index (κ2) is 8.79. The number of aryl methyl sites for hydroxylation is 3. The van der Waals surface area contributed by atoms with Crippen molar-refractivity contribution >= 4 is 17.1 Å². The minimum absolute atomic E-state index is 0.196. The first-order valence-corrected chi connectivity index (χ1v) is 10.7. The summed E-state index contributed by atoms with van der Waals surface area (Å²) in [5.74, 6) is 1.87. The Balaban J connectivity index is 1.81. The summed E-state index contributed by atoms with van der Waals surface area (Å²) in [7, 11) is 0. The average molecular weight is 442 g/mol. The molecule has 3 N–H and O–H groups in total. The van der Waals surface area contributed by atoms with Crippen LogP contribution in [0.2, 0.25) is 0 Å². The molecule has 0 saturated carbocycles. The predicted octanol–water partition coefficient (Wildman–Crippen LogP) is 7.30. The van der Waals surface area contributed by atoms with Crippen molar-refractivity contribution < 1.29 is 20.1 Å². The first-order chi connectivity index (χ1) is 15.7. The van der Waals surface area contributed by atoms with Crippen LogP contribution in [0.15, 0.2) is 72.8 Å². The van der Waals surface area contributed by atoms with Gasteiger partial charge in [0.2, 0.25) is 0 Å². The Bertz CT molecular complexity index is 1280. The first kappa shape index (κ1) is 22.1. The van der Waals surface area contributed by atoms with Crippen LogP contribution in [-0.2, 0) is 0 Å². The van der Waals surface area contributed by atoms with Crippen LogP contribution in [0.25, 0.3) is 0 Å². The van der Waals surface area contributed by atoms with E-state index in [1.165, 1.54) is 0 Å². The van der Waals surface area contributed by atoms with Gasteiger partial charge in [-0.1, -0.05) is 6.07 Å². The largest absolute Gasteiger partial charge is 0.508 e. The molecule has 0 amide bonds. The summed E-state index contributed by atoms with van der Waals surface area (Å²) in [5.41, 5.74) is 5.65. The Hall–Kier alpha value is -4.12. The number of aromatic hydroxyl groups is 3. The Morgan fingerprint density at radius 1 is 0.606 bits per heavy atom. The molecule has 4 aromatic carbocycles. The second-order valence-electron chi connectivity index (χ2n) is 8.28. The third kappa shape index (κ3) is 4.58. The minimum Gasteiger partial charge on any atom is -0.508 e. The molecule has 33 heavy (non-hydrogen) atoms. The van der Waals surface area contributed by atoms with E-state index in [2.05, 4.69) is 0 Å². The van der Waals surface area contributed by atoms with Gasteiger partial charge in [0.05, 0.1) is 0 Å². The highest BCUT2D eigenvalue weighted by atomic mass is 16.5. The van der Waals surface area contributed by atoms with Crippen molar-refractivity contribution in [2.75, 3.05) is 4.90 Å². The van der Waals surface area contributed by atoms with Gasteiger partial charge in [0, 0.05) is 28.7 Å². The maximum Gasteiger partial charge on any atom is 0.134 e. The molecule has 4 aromatic rings. The van der Waals surface area contributed by atoms with Crippen LogP contribution >= 0.6 is 0 Å². The van der Waals surface area contributed by atoms with Gasteiger partial charge in [0.15, 0.2) is 0 Å². The quantitative estimate of drug-likeness (QED) is 0.303. The smallest absolute Gasteiger partial charge is 0.134 e. The first-order valence-electron chi connectivity index (χ1n) is 10.7. The molecule has 0 fully saturated rings. The molecular weight excluding hydrogens is 414 g/mol. The molecular formula is C28H27NO4. The molecule has 5 heteroatoms. The van der Waals surface area contributed by atoms with Crippen LogP contribution in [0.4, 0.5) is 17.1 Å². The molecule has 168 valence electrons. The number of phenolic OH excluding ortho intramolecular Hbond substituents is 3. The van der Waals surface area contributed by atoms with Gasteiger partial charge < -0.3 is 25.0 Å². The molecule has 0 spiro atoms. The molecule has 0 bridgehead atoms. The lowest BCUT2D eigenvalue weighted by atomic mass is 10.1. The molecule has 0 aliphatic rings. The van der Waals surface area contributed by atoms with E-state index < -0.39 is 0 Å². The van der Waals surface area contributed by atoms with E-state index in [1.54, 1.807) is 18.2 Å². The Labute approximate surface area is 193 Å². The van der Waals surface area contributed by atoms with E-state index in [1.807, 2.05) is 87.2 Å². The van der Waals surface area contributed by atoms with Crippen molar-refractivity contribution in [2.24, 2.45) is 0 Å². The van der Waals surface area contributed by atoms with Gasteiger partial charge in [-0.05, 0) is 105 Å². The zero-order chi connectivity index (χ0) is 23.7. The fourth-order valence-corrected chi connectivity index (χ4v) is 3.73. The van der Waals surface area contributed by atoms with Crippen molar-refractivity contribution in [3.8, 4) is 28.7 Å². The van der Waals surface area contributed by atoms with E-state index in [-0.39, 0.29) is 17.2 Å². The van der Waals surface area contributed by atoms with Gasteiger partial charge >= 0.3 is 0 Å². The van der Waals surface area contributed by atoms with Crippen LogP contribution in [0.3, 0.4) is 0 Å². The molecule has 0 heterocycles. The van der Waals surface area contributed by atoms with Gasteiger partial charge in [-0.25, -0.2) is 0 Å². The Kier molecular flexibility index (Phi) is 5.88.